The monoisotopic (exact) mass is 706 g/mol. The highest BCUT2D eigenvalue weighted by atomic mass is 16.7. The van der Waals surface area contributed by atoms with Gasteiger partial charge in [-0.1, -0.05) is 64.1 Å². The van der Waals surface area contributed by atoms with E-state index in [9.17, 15) is 9.59 Å². The molecule has 2 amide bonds. The Kier molecular flexibility index (Phi) is 9.05. The Morgan fingerprint density at radius 1 is 0.962 bits per heavy atom. The topological polar surface area (TPSA) is 168 Å². The number of nitrogens with two attached hydrogens (primary N) is 2. The fourth-order valence-electron chi connectivity index (χ4n) is 8.23. The molecule has 3 saturated heterocycles. The Balaban J connectivity index is 1.00. The van der Waals surface area contributed by atoms with Gasteiger partial charge in [-0.05, 0) is 65.5 Å². The molecule has 0 radical (unpaired) electrons. The molecule has 3 aromatic rings. The summed E-state index contributed by atoms with van der Waals surface area (Å²) in [6, 6.07) is 4.74. The van der Waals surface area contributed by atoms with Crippen molar-refractivity contribution in [3.63, 3.8) is 0 Å². The zero-order valence-electron chi connectivity index (χ0n) is 30.5. The number of allylic oxidation sites excluding steroid dienone is 8. The number of fused-ring (bicyclic) bond motifs is 2. The summed E-state index contributed by atoms with van der Waals surface area (Å²) in [5.41, 5.74) is 20.0. The van der Waals surface area contributed by atoms with Crippen LogP contribution in [0.2, 0.25) is 0 Å². The van der Waals surface area contributed by atoms with E-state index >= 15 is 0 Å². The molecule has 52 heavy (non-hydrogen) atoms. The molecule has 5 aliphatic rings. The molecule has 2 aromatic heterocycles. The molecule has 1 aromatic carbocycles. The first-order valence-corrected chi connectivity index (χ1v) is 18.8. The van der Waals surface area contributed by atoms with Gasteiger partial charge in [-0.25, -0.2) is 9.97 Å². The molecule has 2 aliphatic carbocycles. The Morgan fingerprint density at radius 3 is 2.46 bits per heavy atom. The summed E-state index contributed by atoms with van der Waals surface area (Å²) in [5, 5.41) is 0. The second kappa shape index (κ2) is 13.6. The Labute approximate surface area is 304 Å². The van der Waals surface area contributed by atoms with Crippen LogP contribution >= 0.6 is 0 Å². The van der Waals surface area contributed by atoms with Crippen molar-refractivity contribution in [1.82, 2.24) is 29.7 Å². The van der Waals surface area contributed by atoms with Gasteiger partial charge in [-0.3, -0.25) is 9.59 Å². The number of hydrogen-bond acceptors (Lipinski definition) is 8. The van der Waals surface area contributed by atoms with Gasteiger partial charge in [0.1, 0.15) is 11.6 Å². The maximum atomic E-state index is 13.5. The van der Waals surface area contributed by atoms with E-state index in [1.807, 2.05) is 44.9 Å². The van der Waals surface area contributed by atoms with Crippen molar-refractivity contribution in [3.8, 4) is 0 Å². The zero-order valence-corrected chi connectivity index (χ0v) is 30.5. The largest absolute Gasteiger partial charge is 0.346 e. The minimum Gasteiger partial charge on any atom is -0.346 e. The molecule has 3 fully saturated rings. The minimum atomic E-state index is -0.823. The molecule has 274 valence electrons. The highest BCUT2D eigenvalue weighted by molar-refractivity contribution is 5.87. The number of hydrogen-bond donors (Lipinski definition) is 4. The first-order valence-electron chi connectivity index (χ1n) is 18.8. The van der Waals surface area contributed by atoms with Crippen molar-refractivity contribution in [3.05, 3.63) is 83.3 Å². The third-order valence-electron chi connectivity index (χ3n) is 11.5. The van der Waals surface area contributed by atoms with Crippen LogP contribution in [-0.4, -0.2) is 85.7 Å². The van der Waals surface area contributed by atoms with Crippen molar-refractivity contribution in [2.45, 2.75) is 83.3 Å². The number of carbonyl (C=O) groups excluding carboxylic acids is 2. The third kappa shape index (κ3) is 6.25. The highest BCUT2D eigenvalue weighted by Crippen LogP contribution is 2.43. The number of amides is 2. The predicted molar refractivity (Wildman–Crippen MR) is 199 cm³/mol. The average Bonchev–Trinajstić information content (AvgIpc) is 4.00. The number of ether oxygens (including phenoxy) is 2. The smallest absolute Gasteiger partial charge is 0.240 e. The Hall–Kier alpha value is -4.36. The van der Waals surface area contributed by atoms with Crippen molar-refractivity contribution in [2.24, 2.45) is 29.2 Å². The van der Waals surface area contributed by atoms with Crippen molar-refractivity contribution < 1.29 is 19.1 Å². The second-order valence-electron chi connectivity index (χ2n) is 15.7. The lowest BCUT2D eigenvalue weighted by Crippen LogP contribution is -2.48. The van der Waals surface area contributed by atoms with Gasteiger partial charge in [-0.15, -0.1) is 0 Å². The fourth-order valence-corrected chi connectivity index (χ4v) is 8.23. The quantitative estimate of drug-likeness (QED) is 0.256. The summed E-state index contributed by atoms with van der Waals surface area (Å²) in [5.74, 6) is 0.950. The van der Waals surface area contributed by atoms with Gasteiger partial charge in [0.15, 0.2) is 5.79 Å². The number of carbonyl (C=O) groups is 2. The van der Waals surface area contributed by atoms with Gasteiger partial charge in [0.2, 0.25) is 11.8 Å². The summed E-state index contributed by atoms with van der Waals surface area (Å²) < 4.78 is 12.0. The van der Waals surface area contributed by atoms with Gasteiger partial charge >= 0.3 is 0 Å². The maximum Gasteiger partial charge on any atom is 0.240 e. The molecule has 12 nitrogen and oxygen atoms in total. The number of H-pyrrole nitrogens is 2. The van der Waals surface area contributed by atoms with E-state index in [0.717, 1.165) is 53.0 Å². The number of aromatic amines is 2. The summed E-state index contributed by atoms with van der Waals surface area (Å²) in [7, 11) is 0. The molecular formula is C40H50N8O4. The van der Waals surface area contributed by atoms with Crippen LogP contribution < -0.4 is 11.5 Å². The van der Waals surface area contributed by atoms with E-state index in [4.69, 9.17) is 30.9 Å². The van der Waals surface area contributed by atoms with Gasteiger partial charge in [0, 0.05) is 18.9 Å². The van der Waals surface area contributed by atoms with Gasteiger partial charge in [-0.2, -0.15) is 0 Å². The third-order valence-corrected chi connectivity index (χ3v) is 11.5. The zero-order chi connectivity index (χ0) is 36.3. The number of likely N-dealkylation sites (tertiary alicyclic amines) is 2. The molecule has 5 atom stereocenters. The first-order chi connectivity index (χ1) is 25.0. The molecule has 8 rings (SSSR count). The van der Waals surface area contributed by atoms with Gasteiger partial charge < -0.3 is 40.7 Å². The van der Waals surface area contributed by atoms with Crippen LogP contribution in [0, 0.1) is 17.8 Å². The van der Waals surface area contributed by atoms with E-state index in [0.29, 0.717) is 38.5 Å². The van der Waals surface area contributed by atoms with Gasteiger partial charge in [0.25, 0.3) is 0 Å². The van der Waals surface area contributed by atoms with E-state index in [1.54, 1.807) is 4.90 Å². The molecule has 0 saturated carbocycles. The van der Waals surface area contributed by atoms with Crippen LogP contribution in [0.3, 0.4) is 0 Å². The number of rotatable bonds is 8. The Bertz CT molecular complexity index is 2000. The molecule has 0 bridgehead atoms. The molecular weight excluding hydrogens is 656 g/mol. The van der Waals surface area contributed by atoms with Crippen LogP contribution in [0.25, 0.3) is 22.2 Å². The molecule has 3 aliphatic heterocycles. The molecule has 12 heteroatoms. The van der Waals surface area contributed by atoms with Crippen LogP contribution in [0.1, 0.15) is 88.4 Å². The second-order valence-corrected chi connectivity index (χ2v) is 15.7. The fraction of sp³-hybridized carbons (Fsp3) is 0.500. The van der Waals surface area contributed by atoms with Crippen LogP contribution in [0.15, 0.2) is 60.3 Å². The summed E-state index contributed by atoms with van der Waals surface area (Å²) in [4.78, 5) is 47.1. The molecule has 5 heterocycles. The van der Waals surface area contributed by atoms with Crippen LogP contribution in [-0.2, 0) is 19.1 Å². The number of aromatic nitrogens is 4. The highest BCUT2D eigenvalue weighted by Gasteiger charge is 2.52. The SMILES string of the molecule is CC(C)C(N)C(=O)N1CCCC1c1ncc(C2=CC=C3C=C(c4ccc5nc(C6CC7(CN6C(=O)C(N)C(C)C)OCCO7)[nH]c5c4)C=CC3C2)[nH]1. The summed E-state index contributed by atoms with van der Waals surface area (Å²) >= 11 is 0. The minimum absolute atomic E-state index is 0.00338. The van der Waals surface area contributed by atoms with Crippen molar-refractivity contribution in [2.75, 3.05) is 26.3 Å². The standard InChI is InChI=1S/C40H50N8O4/c1-22(2)34(41)38(49)47-13-5-6-32(47)36-43-20-31(46-36)28-10-9-24-16-25(7-8-26(24)17-28)27-11-12-29-30(18-27)45-37(44-29)33-19-40(51-14-15-52-40)21-48(33)39(50)35(42)23(3)4/h7-12,16,18,20,22-23,26,32-35H,5-6,13-15,17,19,21,41-42H2,1-4H3,(H,43,46)(H,44,45). The van der Waals surface area contributed by atoms with E-state index < -0.39 is 17.9 Å². The maximum absolute atomic E-state index is 13.5. The van der Waals surface area contributed by atoms with Crippen LogP contribution in [0.4, 0.5) is 0 Å². The van der Waals surface area contributed by atoms with E-state index in [1.165, 1.54) is 11.1 Å². The number of nitrogens with one attached hydrogen (secondary N) is 2. The lowest BCUT2D eigenvalue weighted by Gasteiger charge is -2.27. The molecule has 1 spiro atoms. The lowest BCUT2D eigenvalue weighted by atomic mass is 9.81. The van der Waals surface area contributed by atoms with Crippen molar-refractivity contribution in [1.29, 1.82) is 0 Å². The Morgan fingerprint density at radius 2 is 1.71 bits per heavy atom. The first kappa shape index (κ1) is 34.7. The summed E-state index contributed by atoms with van der Waals surface area (Å²) in [6.45, 7) is 9.94. The van der Waals surface area contributed by atoms with Crippen molar-refractivity contribution >= 4 is 34.0 Å². The molecule has 6 N–H and O–H groups in total. The number of benzene rings is 1. The summed E-state index contributed by atoms with van der Waals surface area (Å²) in [6.07, 6.45) is 16.2. The van der Waals surface area contributed by atoms with E-state index in [-0.39, 0.29) is 41.7 Å². The van der Waals surface area contributed by atoms with E-state index in [2.05, 4.69) is 52.5 Å². The number of imidazole rings is 2. The molecule has 5 unspecified atom stereocenters. The predicted octanol–water partition coefficient (Wildman–Crippen LogP) is 4.92. The van der Waals surface area contributed by atoms with Gasteiger partial charge in [0.05, 0.1) is 66.9 Å². The lowest BCUT2D eigenvalue weighted by molar-refractivity contribution is -0.153. The van der Waals surface area contributed by atoms with Crippen LogP contribution in [0.5, 0.6) is 0 Å². The number of nitrogens with zero attached hydrogens (tertiary/aromatic N) is 4. The normalized spacial score (nSPS) is 25.2. The average molecular weight is 707 g/mol.